The third-order valence-corrected chi connectivity index (χ3v) is 2.62. The van der Waals surface area contributed by atoms with Crippen molar-refractivity contribution in [1.29, 1.82) is 0 Å². The van der Waals surface area contributed by atoms with Crippen molar-refractivity contribution >= 4 is 0 Å². The van der Waals surface area contributed by atoms with Crippen molar-refractivity contribution < 1.29 is 13.2 Å². The van der Waals surface area contributed by atoms with E-state index in [9.17, 15) is 13.2 Å². The average Bonchev–Trinajstić information content (AvgIpc) is 2.79. The van der Waals surface area contributed by atoms with Gasteiger partial charge in [0.15, 0.2) is 0 Å². The van der Waals surface area contributed by atoms with E-state index in [1.807, 2.05) is 0 Å². The molecule has 0 radical (unpaired) electrons. The van der Waals surface area contributed by atoms with Crippen molar-refractivity contribution in [1.82, 2.24) is 10.2 Å². The van der Waals surface area contributed by atoms with Gasteiger partial charge in [-0.1, -0.05) is 0 Å². The molecule has 3 N–H and O–H groups in total. The number of nitrogens with zero attached hydrogens (tertiary/aromatic N) is 1. The number of hydrogen-bond acceptors (Lipinski definition) is 2. The van der Waals surface area contributed by atoms with Gasteiger partial charge in [-0.15, -0.1) is 0 Å². The molecule has 1 aromatic carbocycles. The van der Waals surface area contributed by atoms with E-state index in [1.54, 1.807) is 0 Å². The first-order valence-electron chi connectivity index (χ1n) is 5.42. The van der Waals surface area contributed by atoms with Crippen LogP contribution in [0.2, 0.25) is 0 Å². The van der Waals surface area contributed by atoms with Crippen LogP contribution in [0.4, 0.5) is 13.2 Å². The number of alkyl halides is 2. The van der Waals surface area contributed by atoms with Gasteiger partial charge >= 0.3 is 0 Å². The summed E-state index contributed by atoms with van der Waals surface area (Å²) in [6.07, 6.45) is 0.620. The van der Waals surface area contributed by atoms with Gasteiger partial charge < -0.3 is 5.73 Å². The highest BCUT2D eigenvalue weighted by Gasteiger charge is 2.34. The minimum atomic E-state index is -3.05. The molecule has 0 aliphatic carbocycles. The fraction of sp³-hybridized carbons (Fsp3) is 0.250. The molecule has 0 aliphatic heterocycles. The second-order valence-corrected chi connectivity index (χ2v) is 3.91. The van der Waals surface area contributed by atoms with Crippen LogP contribution in [-0.4, -0.2) is 16.7 Å². The molecule has 1 aromatic heterocycles. The van der Waals surface area contributed by atoms with Crippen LogP contribution in [0, 0.1) is 5.82 Å². The predicted octanol–water partition coefficient (Wildman–Crippen LogP) is 2.66. The topological polar surface area (TPSA) is 54.7 Å². The molecule has 0 saturated heterocycles. The molecule has 6 heteroatoms. The Morgan fingerprint density at radius 2 is 1.89 bits per heavy atom. The van der Waals surface area contributed by atoms with Crippen molar-refractivity contribution in [2.45, 2.75) is 12.3 Å². The Morgan fingerprint density at radius 1 is 1.22 bits per heavy atom. The zero-order valence-corrected chi connectivity index (χ0v) is 9.46. The minimum Gasteiger partial charge on any atom is -0.330 e. The van der Waals surface area contributed by atoms with Gasteiger partial charge in [-0.05, 0) is 30.8 Å². The third kappa shape index (κ3) is 2.38. The van der Waals surface area contributed by atoms with Crippen LogP contribution in [0.25, 0.3) is 11.3 Å². The van der Waals surface area contributed by atoms with Crippen molar-refractivity contribution in [3.63, 3.8) is 0 Å². The van der Waals surface area contributed by atoms with Gasteiger partial charge in [0.2, 0.25) is 0 Å². The Bertz CT molecular complexity index is 520. The number of aromatic nitrogens is 2. The smallest absolute Gasteiger partial charge is 0.278 e. The summed E-state index contributed by atoms with van der Waals surface area (Å²) in [5.41, 5.74) is 5.59. The first-order valence-corrected chi connectivity index (χ1v) is 5.42. The van der Waals surface area contributed by atoms with Gasteiger partial charge in [-0.2, -0.15) is 5.10 Å². The summed E-state index contributed by atoms with van der Waals surface area (Å²) in [6.45, 7) is -0.124. The van der Waals surface area contributed by atoms with Gasteiger partial charge in [0.05, 0.1) is 17.5 Å². The van der Waals surface area contributed by atoms with Crippen molar-refractivity contribution in [3.8, 4) is 11.3 Å². The highest BCUT2D eigenvalue weighted by atomic mass is 19.3. The number of hydrogen-bond donors (Lipinski definition) is 2. The molecular formula is C12H12F3N3. The number of aromatic amines is 1. The highest BCUT2D eigenvalue weighted by Crippen LogP contribution is 2.36. The Balaban J connectivity index is 2.41. The summed E-state index contributed by atoms with van der Waals surface area (Å²) in [6, 6.07) is 5.26. The summed E-state index contributed by atoms with van der Waals surface area (Å²) in [5, 5.41) is 6.14. The van der Waals surface area contributed by atoms with Crippen molar-refractivity contribution in [2.75, 3.05) is 6.54 Å². The number of nitrogens with two attached hydrogens (primary N) is 1. The summed E-state index contributed by atoms with van der Waals surface area (Å²) in [5.74, 6) is -3.47. The largest absolute Gasteiger partial charge is 0.330 e. The molecule has 0 aliphatic rings. The van der Waals surface area contributed by atoms with Crippen LogP contribution in [0.15, 0.2) is 30.5 Å². The molecule has 0 bridgehead atoms. The van der Waals surface area contributed by atoms with E-state index in [-0.39, 0.29) is 17.8 Å². The molecule has 2 rings (SSSR count). The highest BCUT2D eigenvalue weighted by molar-refractivity contribution is 5.63. The molecule has 0 fully saturated rings. The maximum atomic E-state index is 13.8. The van der Waals surface area contributed by atoms with Crippen LogP contribution in [0.5, 0.6) is 0 Å². The van der Waals surface area contributed by atoms with Gasteiger partial charge in [-0.25, -0.2) is 13.2 Å². The molecule has 1 heterocycles. The molecule has 0 amide bonds. The summed E-state index contributed by atoms with van der Waals surface area (Å²) >= 11 is 0. The SMILES string of the molecule is NCCC(F)(F)c1cn[nH]c1-c1ccc(F)cc1. The molecular weight excluding hydrogens is 243 g/mol. The normalized spacial score (nSPS) is 11.8. The zero-order valence-electron chi connectivity index (χ0n) is 9.46. The molecule has 0 spiro atoms. The van der Waals surface area contributed by atoms with E-state index in [0.717, 1.165) is 6.20 Å². The first kappa shape index (κ1) is 12.6. The maximum absolute atomic E-state index is 13.8. The van der Waals surface area contributed by atoms with Gasteiger partial charge in [-0.3, -0.25) is 5.10 Å². The lowest BCUT2D eigenvalue weighted by molar-refractivity contribution is -0.0100. The van der Waals surface area contributed by atoms with Gasteiger partial charge in [0.1, 0.15) is 5.82 Å². The van der Waals surface area contributed by atoms with E-state index in [2.05, 4.69) is 10.2 Å². The lowest BCUT2D eigenvalue weighted by Crippen LogP contribution is -2.18. The fourth-order valence-electron chi connectivity index (χ4n) is 1.72. The number of halogens is 3. The van der Waals surface area contributed by atoms with E-state index in [0.29, 0.717) is 5.56 Å². The molecule has 0 atom stereocenters. The van der Waals surface area contributed by atoms with E-state index in [4.69, 9.17) is 5.73 Å². The molecule has 0 saturated carbocycles. The number of benzene rings is 1. The van der Waals surface area contributed by atoms with E-state index in [1.165, 1.54) is 24.3 Å². The van der Waals surface area contributed by atoms with E-state index < -0.39 is 18.2 Å². The quantitative estimate of drug-likeness (QED) is 0.882. The average molecular weight is 255 g/mol. The Morgan fingerprint density at radius 3 is 2.50 bits per heavy atom. The molecule has 2 aromatic rings. The van der Waals surface area contributed by atoms with Crippen LogP contribution < -0.4 is 5.73 Å². The summed E-state index contributed by atoms with van der Waals surface area (Å²) in [7, 11) is 0. The predicted molar refractivity (Wildman–Crippen MR) is 61.5 cm³/mol. The first-order chi connectivity index (χ1) is 8.54. The third-order valence-electron chi connectivity index (χ3n) is 2.62. The van der Waals surface area contributed by atoms with Crippen molar-refractivity contribution in [2.24, 2.45) is 5.73 Å². The Hall–Kier alpha value is -1.82. The Kier molecular flexibility index (Phi) is 3.38. The van der Waals surface area contributed by atoms with Crippen LogP contribution >= 0.6 is 0 Å². The summed E-state index contributed by atoms with van der Waals surface area (Å²) < 4.78 is 40.4. The van der Waals surface area contributed by atoms with Crippen molar-refractivity contribution in [3.05, 3.63) is 41.8 Å². The maximum Gasteiger partial charge on any atom is 0.278 e. The zero-order chi connectivity index (χ0) is 13.2. The fourth-order valence-corrected chi connectivity index (χ4v) is 1.72. The van der Waals surface area contributed by atoms with Gasteiger partial charge in [0, 0.05) is 12.0 Å². The number of rotatable bonds is 4. The lowest BCUT2D eigenvalue weighted by Gasteiger charge is -2.15. The molecule has 18 heavy (non-hydrogen) atoms. The molecule has 96 valence electrons. The molecule has 3 nitrogen and oxygen atoms in total. The van der Waals surface area contributed by atoms with E-state index >= 15 is 0 Å². The minimum absolute atomic E-state index is 0.124. The molecule has 0 unspecified atom stereocenters. The van der Waals surface area contributed by atoms with Crippen LogP contribution in [-0.2, 0) is 5.92 Å². The second kappa shape index (κ2) is 4.81. The number of H-pyrrole nitrogens is 1. The Labute approximate surface area is 102 Å². The lowest BCUT2D eigenvalue weighted by atomic mass is 10.0. The van der Waals surface area contributed by atoms with Crippen LogP contribution in [0.3, 0.4) is 0 Å². The summed E-state index contributed by atoms with van der Waals surface area (Å²) in [4.78, 5) is 0. The standard InChI is InChI=1S/C12H12F3N3/c13-9-3-1-8(2-4-9)11-10(7-17-18-11)12(14,15)5-6-16/h1-4,7H,5-6,16H2,(H,17,18). The number of nitrogens with one attached hydrogen (secondary N) is 1. The second-order valence-electron chi connectivity index (χ2n) is 3.91. The van der Waals surface area contributed by atoms with Crippen LogP contribution in [0.1, 0.15) is 12.0 Å². The monoisotopic (exact) mass is 255 g/mol. The van der Waals surface area contributed by atoms with Gasteiger partial charge in [0.25, 0.3) is 5.92 Å².